The molecule has 0 fully saturated rings. The molecule has 3 rings (SSSR count). The lowest BCUT2D eigenvalue weighted by atomic mass is 10.1. The van der Waals surface area contributed by atoms with Crippen LogP contribution in [0, 0.1) is 6.92 Å². The fourth-order valence-electron chi connectivity index (χ4n) is 2.23. The van der Waals surface area contributed by atoms with Crippen molar-refractivity contribution in [2.75, 3.05) is 0 Å². The summed E-state index contributed by atoms with van der Waals surface area (Å²) in [6.07, 6.45) is -4.46. The van der Waals surface area contributed by atoms with Crippen molar-refractivity contribution in [1.82, 2.24) is 15.3 Å². The van der Waals surface area contributed by atoms with Gasteiger partial charge < -0.3 is 5.32 Å². The summed E-state index contributed by atoms with van der Waals surface area (Å²) in [6, 6.07) is 7.13. The summed E-state index contributed by atoms with van der Waals surface area (Å²) in [4.78, 5) is 7.99. The number of aromatic nitrogens is 2. The van der Waals surface area contributed by atoms with Crippen molar-refractivity contribution in [2.45, 2.75) is 26.2 Å². The maximum Gasteiger partial charge on any atom is 0.433 e. The van der Waals surface area contributed by atoms with E-state index in [1.807, 2.05) is 19.1 Å². The summed E-state index contributed by atoms with van der Waals surface area (Å²) in [7, 11) is 0. The fraction of sp³-hybridized carbons (Fsp3) is 0.286. The van der Waals surface area contributed by atoms with Gasteiger partial charge in [0.2, 0.25) is 0 Å². The molecule has 0 aliphatic carbocycles. The first-order valence-electron chi connectivity index (χ1n) is 6.20. The molecule has 1 aliphatic heterocycles. The highest BCUT2D eigenvalue weighted by Gasteiger charge is 2.38. The van der Waals surface area contributed by atoms with Gasteiger partial charge in [0.15, 0.2) is 11.5 Å². The standard InChI is InChI=1S/C14H12F3N3/c1-8-2-4-9(5-3-8)13-19-11-7-18-6-10(11)12(20-13)14(15,16)17/h2-5,18H,6-7H2,1H3. The second kappa shape index (κ2) is 4.56. The molecule has 0 atom stereocenters. The van der Waals surface area contributed by atoms with Crippen LogP contribution in [0.2, 0.25) is 0 Å². The van der Waals surface area contributed by atoms with Crippen molar-refractivity contribution < 1.29 is 13.2 Å². The van der Waals surface area contributed by atoms with Gasteiger partial charge in [-0.1, -0.05) is 29.8 Å². The van der Waals surface area contributed by atoms with Crippen LogP contribution >= 0.6 is 0 Å². The van der Waals surface area contributed by atoms with Gasteiger partial charge in [0.05, 0.1) is 5.69 Å². The van der Waals surface area contributed by atoms with E-state index in [4.69, 9.17) is 0 Å². The van der Waals surface area contributed by atoms with Gasteiger partial charge in [0.25, 0.3) is 0 Å². The Morgan fingerprint density at radius 2 is 1.75 bits per heavy atom. The highest BCUT2D eigenvalue weighted by atomic mass is 19.4. The summed E-state index contributed by atoms with van der Waals surface area (Å²) in [5, 5.41) is 2.89. The third kappa shape index (κ3) is 2.27. The summed E-state index contributed by atoms with van der Waals surface area (Å²) in [5.41, 5.74) is 1.39. The summed E-state index contributed by atoms with van der Waals surface area (Å²) in [6.45, 7) is 2.43. The van der Waals surface area contributed by atoms with E-state index in [0.29, 0.717) is 17.8 Å². The van der Waals surface area contributed by atoms with Crippen LogP contribution in [0.1, 0.15) is 22.5 Å². The fourth-order valence-corrected chi connectivity index (χ4v) is 2.23. The lowest BCUT2D eigenvalue weighted by molar-refractivity contribution is -0.141. The molecule has 0 bridgehead atoms. The van der Waals surface area contributed by atoms with Gasteiger partial charge in [-0.2, -0.15) is 13.2 Å². The predicted octanol–water partition coefficient (Wildman–Crippen LogP) is 3.07. The van der Waals surface area contributed by atoms with Crippen LogP contribution in [-0.4, -0.2) is 9.97 Å². The van der Waals surface area contributed by atoms with Crippen LogP contribution in [0.4, 0.5) is 13.2 Å². The molecule has 0 saturated heterocycles. The molecule has 1 aliphatic rings. The molecule has 0 radical (unpaired) electrons. The molecule has 0 spiro atoms. The highest BCUT2D eigenvalue weighted by molar-refractivity contribution is 5.56. The minimum Gasteiger partial charge on any atom is -0.307 e. The smallest absolute Gasteiger partial charge is 0.307 e. The number of aryl methyl sites for hydroxylation is 1. The van der Waals surface area contributed by atoms with Crippen molar-refractivity contribution in [3.8, 4) is 11.4 Å². The van der Waals surface area contributed by atoms with Crippen LogP contribution in [0.3, 0.4) is 0 Å². The molecule has 6 heteroatoms. The minimum atomic E-state index is -4.46. The number of nitrogens with one attached hydrogen (secondary N) is 1. The zero-order valence-electron chi connectivity index (χ0n) is 10.8. The average molecular weight is 279 g/mol. The van der Waals surface area contributed by atoms with E-state index in [9.17, 15) is 13.2 Å². The Balaban J connectivity index is 2.16. The third-order valence-electron chi connectivity index (χ3n) is 3.27. The molecule has 0 saturated carbocycles. The first-order valence-corrected chi connectivity index (χ1v) is 6.20. The number of hydrogen-bond donors (Lipinski definition) is 1. The second-order valence-corrected chi connectivity index (χ2v) is 4.79. The van der Waals surface area contributed by atoms with Gasteiger partial charge in [0, 0.05) is 24.2 Å². The summed E-state index contributed by atoms with van der Waals surface area (Å²) < 4.78 is 39.3. The van der Waals surface area contributed by atoms with Gasteiger partial charge in [-0.15, -0.1) is 0 Å². The van der Waals surface area contributed by atoms with Crippen LogP contribution in [-0.2, 0) is 19.3 Å². The van der Waals surface area contributed by atoms with Crippen molar-refractivity contribution in [3.63, 3.8) is 0 Å². The lowest BCUT2D eigenvalue weighted by Crippen LogP contribution is -2.14. The zero-order chi connectivity index (χ0) is 14.3. The van der Waals surface area contributed by atoms with Gasteiger partial charge in [-0.25, -0.2) is 9.97 Å². The van der Waals surface area contributed by atoms with E-state index >= 15 is 0 Å². The van der Waals surface area contributed by atoms with Gasteiger partial charge in [0.1, 0.15) is 0 Å². The van der Waals surface area contributed by atoms with Gasteiger partial charge in [-0.3, -0.25) is 0 Å². The van der Waals surface area contributed by atoms with Crippen LogP contribution in [0.25, 0.3) is 11.4 Å². The molecule has 0 unspecified atom stereocenters. The Hall–Kier alpha value is -1.95. The topological polar surface area (TPSA) is 37.8 Å². The van der Waals surface area contributed by atoms with Crippen LogP contribution in [0.15, 0.2) is 24.3 Å². The molecule has 1 aromatic carbocycles. The number of rotatable bonds is 1. The Morgan fingerprint density at radius 3 is 2.40 bits per heavy atom. The van der Waals surface area contributed by atoms with Gasteiger partial charge >= 0.3 is 6.18 Å². The minimum absolute atomic E-state index is 0.125. The number of fused-ring (bicyclic) bond motifs is 1. The zero-order valence-corrected chi connectivity index (χ0v) is 10.8. The summed E-state index contributed by atoms with van der Waals surface area (Å²) in [5.74, 6) is 0.125. The third-order valence-corrected chi connectivity index (χ3v) is 3.27. The molecule has 2 heterocycles. The van der Waals surface area contributed by atoms with E-state index in [1.165, 1.54) is 0 Å². The number of halogens is 3. The van der Waals surface area contributed by atoms with Crippen molar-refractivity contribution >= 4 is 0 Å². The molecule has 3 nitrogen and oxygen atoms in total. The second-order valence-electron chi connectivity index (χ2n) is 4.79. The Bertz CT molecular complexity index is 648. The van der Waals surface area contributed by atoms with Crippen molar-refractivity contribution in [1.29, 1.82) is 0 Å². The maximum absolute atomic E-state index is 13.1. The van der Waals surface area contributed by atoms with Crippen molar-refractivity contribution in [2.24, 2.45) is 0 Å². The SMILES string of the molecule is Cc1ccc(-c2nc3c(c(C(F)(F)F)n2)CNC3)cc1. The first kappa shape index (κ1) is 13.1. The predicted molar refractivity (Wildman–Crippen MR) is 67.8 cm³/mol. The number of nitrogens with zero attached hydrogens (tertiary/aromatic N) is 2. The largest absolute Gasteiger partial charge is 0.433 e. The van der Waals surface area contributed by atoms with E-state index in [-0.39, 0.29) is 17.9 Å². The highest BCUT2D eigenvalue weighted by Crippen LogP contribution is 2.34. The molecule has 0 amide bonds. The molecule has 1 N–H and O–H groups in total. The van der Waals surface area contributed by atoms with Gasteiger partial charge in [-0.05, 0) is 6.92 Å². The molecule has 104 valence electrons. The molecular formula is C14H12F3N3. The van der Waals surface area contributed by atoms with Crippen molar-refractivity contribution in [3.05, 3.63) is 46.8 Å². The van der Waals surface area contributed by atoms with E-state index in [2.05, 4.69) is 15.3 Å². The molecule has 1 aromatic heterocycles. The van der Waals surface area contributed by atoms with Crippen LogP contribution in [0.5, 0.6) is 0 Å². The first-order chi connectivity index (χ1) is 9.45. The van der Waals surface area contributed by atoms with E-state index in [1.54, 1.807) is 12.1 Å². The van der Waals surface area contributed by atoms with E-state index < -0.39 is 11.9 Å². The molecule has 20 heavy (non-hydrogen) atoms. The average Bonchev–Trinajstić information content (AvgIpc) is 2.85. The number of alkyl halides is 3. The monoisotopic (exact) mass is 279 g/mol. The van der Waals surface area contributed by atoms with E-state index in [0.717, 1.165) is 5.56 Å². The van der Waals surface area contributed by atoms with Crippen LogP contribution < -0.4 is 5.32 Å². The Kier molecular flexibility index (Phi) is 2.97. The quantitative estimate of drug-likeness (QED) is 0.871. The number of benzene rings is 1. The molecular weight excluding hydrogens is 267 g/mol. The Labute approximate surface area is 113 Å². The normalized spacial score (nSPS) is 14.4. The summed E-state index contributed by atoms with van der Waals surface area (Å²) >= 11 is 0. The Morgan fingerprint density at radius 1 is 1.05 bits per heavy atom. The number of hydrogen-bond acceptors (Lipinski definition) is 3. The molecule has 2 aromatic rings. The lowest BCUT2D eigenvalue weighted by Gasteiger charge is -2.12. The maximum atomic E-state index is 13.1.